The molecule has 0 atom stereocenters. The van der Waals surface area contributed by atoms with E-state index in [9.17, 15) is 0 Å². The molecule has 0 unspecified atom stereocenters. The van der Waals surface area contributed by atoms with E-state index in [4.69, 9.17) is 4.74 Å². The fourth-order valence-electron chi connectivity index (χ4n) is 2.15. The van der Waals surface area contributed by atoms with Crippen LogP contribution in [0.25, 0.3) is 0 Å². The SMILES string of the molecule is c1csc(CNCCOC2CCCCC2)c1. The summed E-state index contributed by atoms with van der Waals surface area (Å²) in [5.74, 6) is 0. The van der Waals surface area contributed by atoms with Crippen molar-refractivity contribution in [1.29, 1.82) is 0 Å². The van der Waals surface area contributed by atoms with Crippen LogP contribution in [0.5, 0.6) is 0 Å². The average molecular weight is 239 g/mol. The molecule has 1 fully saturated rings. The Morgan fingerprint density at radius 1 is 1.31 bits per heavy atom. The molecule has 1 aromatic rings. The number of rotatable bonds is 6. The molecule has 0 amide bonds. The molecular formula is C13H21NOS. The fourth-order valence-corrected chi connectivity index (χ4v) is 2.83. The van der Waals surface area contributed by atoms with E-state index in [0.29, 0.717) is 6.10 Å². The topological polar surface area (TPSA) is 21.3 Å². The minimum Gasteiger partial charge on any atom is -0.377 e. The van der Waals surface area contributed by atoms with Crippen molar-refractivity contribution in [2.24, 2.45) is 0 Å². The predicted molar refractivity (Wildman–Crippen MR) is 68.9 cm³/mol. The van der Waals surface area contributed by atoms with Gasteiger partial charge in [0.15, 0.2) is 0 Å². The van der Waals surface area contributed by atoms with Crippen LogP contribution in [0.3, 0.4) is 0 Å². The monoisotopic (exact) mass is 239 g/mol. The molecule has 16 heavy (non-hydrogen) atoms. The van der Waals surface area contributed by atoms with Gasteiger partial charge in [0, 0.05) is 18.0 Å². The van der Waals surface area contributed by atoms with Gasteiger partial charge in [-0.05, 0) is 24.3 Å². The quantitative estimate of drug-likeness (QED) is 0.770. The first-order chi connectivity index (χ1) is 7.95. The zero-order chi connectivity index (χ0) is 11.1. The second-order valence-corrected chi connectivity index (χ2v) is 5.42. The lowest BCUT2D eigenvalue weighted by molar-refractivity contribution is 0.0302. The van der Waals surface area contributed by atoms with Crippen LogP contribution in [-0.2, 0) is 11.3 Å². The zero-order valence-electron chi connectivity index (χ0n) is 9.78. The highest BCUT2D eigenvalue weighted by molar-refractivity contribution is 7.09. The van der Waals surface area contributed by atoms with Crippen molar-refractivity contribution in [2.75, 3.05) is 13.2 Å². The van der Waals surface area contributed by atoms with E-state index < -0.39 is 0 Å². The smallest absolute Gasteiger partial charge is 0.0594 e. The maximum atomic E-state index is 5.84. The summed E-state index contributed by atoms with van der Waals surface area (Å²) in [6, 6.07) is 4.26. The van der Waals surface area contributed by atoms with Gasteiger partial charge in [-0.15, -0.1) is 11.3 Å². The Morgan fingerprint density at radius 3 is 2.94 bits per heavy atom. The third-order valence-electron chi connectivity index (χ3n) is 3.06. The standard InChI is InChI=1S/C13H21NOS/c1-2-5-12(6-3-1)15-9-8-14-11-13-7-4-10-16-13/h4,7,10,12,14H,1-3,5-6,8-9,11H2. The van der Waals surface area contributed by atoms with E-state index in [2.05, 4.69) is 22.8 Å². The molecule has 1 aliphatic carbocycles. The number of thiophene rings is 1. The first-order valence-electron chi connectivity index (χ1n) is 6.30. The minimum absolute atomic E-state index is 0.539. The molecule has 1 N–H and O–H groups in total. The van der Waals surface area contributed by atoms with Crippen LogP contribution in [0.4, 0.5) is 0 Å². The van der Waals surface area contributed by atoms with Crippen molar-refractivity contribution in [1.82, 2.24) is 5.32 Å². The lowest BCUT2D eigenvalue weighted by Gasteiger charge is -2.21. The average Bonchev–Trinajstić information content (AvgIpc) is 2.83. The van der Waals surface area contributed by atoms with Gasteiger partial charge in [-0.1, -0.05) is 25.3 Å². The highest BCUT2D eigenvalue weighted by Crippen LogP contribution is 2.19. The first-order valence-corrected chi connectivity index (χ1v) is 7.18. The molecule has 3 heteroatoms. The third kappa shape index (κ3) is 4.24. The molecule has 90 valence electrons. The van der Waals surface area contributed by atoms with Gasteiger partial charge in [0.25, 0.3) is 0 Å². The van der Waals surface area contributed by atoms with Crippen LogP contribution >= 0.6 is 11.3 Å². The molecule has 0 aromatic carbocycles. The summed E-state index contributed by atoms with van der Waals surface area (Å²) in [7, 11) is 0. The van der Waals surface area contributed by atoms with Gasteiger partial charge in [0.05, 0.1) is 12.7 Å². The second kappa shape index (κ2) is 7.05. The number of hydrogen-bond acceptors (Lipinski definition) is 3. The summed E-state index contributed by atoms with van der Waals surface area (Å²) in [5.41, 5.74) is 0. The van der Waals surface area contributed by atoms with Crippen LogP contribution in [0.15, 0.2) is 17.5 Å². The normalized spacial score (nSPS) is 17.8. The number of hydrogen-bond donors (Lipinski definition) is 1. The van der Waals surface area contributed by atoms with E-state index in [-0.39, 0.29) is 0 Å². The Kier molecular flexibility index (Phi) is 5.32. The molecule has 1 heterocycles. The maximum Gasteiger partial charge on any atom is 0.0594 e. The van der Waals surface area contributed by atoms with E-state index in [1.807, 2.05) is 0 Å². The van der Waals surface area contributed by atoms with Crippen molar-refractivity contribution in [2.45, 2.75) is 44.8 Å². The highest BCUT2D eigenvalue weighted by atomic mass is 32.1. The fraction of sp³-hybridized carbons (Fsp3) is 0.692. The van der Waals surface area contributed by atoms with Crippen molar-refractivity contribution < 1.29 is 4.74 Å². The maximum absolute atomic E-state index is 5.84. The summed E-state index contributed by atoms with van der Waals surface area (Å²) < 4.78 is 5.84. The Morgan fingerprint density at radius 2 is 2.19 bits per heavy atom. The van der Waals surface area contributed by atoms with Gasteiger partial charge in [0.2, 0.25) is 0 Å². The second-order valence-electron chi connectivity index (χ2n) is 4.39. The summed E-state index contributed by atoms with van der Waals surface area (Å²) in [6.45, 7) is 2.80. The van der Waals surface area contributed by atoms with E-state index >= 15 is 0 Å². The molecule has 0 saturated heterocycles. The lowest BCUT2D eigenvalue weighted by atomic mass is 9.98. The van der Waals surface area contributed by atoms with Gasteiger partial charge in [-0.25, -0.2) is 0 Å². The molecular weight excluding hydrogens is 218 g/mol. The minimum atomic E-state index is 0.539. The van der Waals surface area contributed by atoms with Crippen molar-refractivity contribution >= 4 is 11.3 Å². The Labute approximate surface area is 102 Å². The first kappa shape index (κ1) is 12.1. The van der Waals surface area contributed by atoms with Crippen molar-refractivity contribution in [3.05, 3.63) is 22.4 Å². The number of ether oxygens (including phenoxy) is 1. The summed E-state index contributed by atoms with van der Waals surface area (Å²) in [4.78, 5) is 1.40. The molecule has 1 aromatic heterocycles. The van der Waals surface area contributed by atoms with Gasteiger partial charge in [-0.2, -0.15) is 0 Å². The van der Waals surface area contributed by atoms with Gasteiger partial charge in [-0.3, -0.25) is 0 Å². The molecule has 0 radical (unpaired) electrons. The van der Waals surface area contributed by atoms with Crippen LogP contribution in [-0.4, -0.2) is 19.3 Å². The zero-order valence-corrected chi connectivity index (χ0v) is 10.6. The summed E-state index contributed by atoms with van der Waals surface area (Å²) in [6.07, 6.45) is 7.18. The lowest BCUT2D eigenvalue weighted by Crippen LogP contribution is -2.24. The molecule has 1 saturated carbocycles. The molecule has 0 aliphatic heterocycles. The van der Waals surface area contributed by atoms with Crippen molar-refractivity contribution in [3.63, 3.8) is 0 Å². The van der Waals surface area contributed by atoms with Crippen LogP contribution in [0.1, 0.15) is 37.0 Å². The Bertz CT molecular complexity index is 267. The van der Waals surface area contributed by atoms with Gasteiger partial charge >= 0.3 is 0 Å². The van der Waals surface area contributed by atoms with Crippen LogP contribution in [0.2, 0.25) is 0 Å². The molecule has 0 spiro atoms. The molecule has 2 rings (SSSR count). The van der Waals surface area contributed by atoms with Crippen molar-refractivity contribution in [3.8, 4) is 0 Å². The van der Waals surface area contributed by atoms with Gasteiger partial charge in [0.1, 0.15) is 0 Å². The summed E-state index contributed by atoms with van der Waals surface area (Å²) >= 11 is 1.81. The molecule has 1 aliphatic rings. The van der Waals surface area contributed by atoms with Gasteiger partial charge < -0.3 is 10.1 Å². The molecule has 2 nitrogen and oxygen atoms in total. The molecule has 0 bridgehead atoms. The predicted octanol–water partition coefficient (Wildman–Crippen LogP) is 3.19. The van der Waals surface area contributed by atoms with E-state index in [0.717, 1.165) is 19.7 Å². The Balaban J connectivity index is 1.48. The number of nitrogens with one attached hydrogen (secondary N) is 1. The highest BCUT2D eigenvalue weighted by Gasteiger charge is 2.12. The van der Waals surface area contributed by atoms with Crippen LogP contribution in [0, 0.1) is 0 Å². The Hall–Kier alpha value is -0.380. The summed E-state index contributed by atoms with van der Waals surface area (Å²) in [5, 5.41) is 5.53. The van der Waals surface area contributed by atoms with E-state index in [1.54, 1.807) is 11.3 Å². The van der Waals surface area contributed by atoms with E-state index in [1.165, 1.54) is 37.0 Å². The van der Waals surface area contributed by atoms with Crippen LogP contribution < -0.4 is 5.32 Å². The third-order valence-corrected chi connectivity index (χ3v) is 3.94. The largest absolute Gasteiger partial charge is 0.377 e.